The summed E-state index contributed by atoms with van der Waals surface area (Å²) in [5.74, 6) is -0.105. The number of carbonyl (C=O) groups is 1. The molecule has 0 aliphatic carbocycles. The van der Waals surface area contributed by atoms with Crippen LogP contribution in [-0.2, 0) is 0 Å². The summed E-state index contributed by atoms with van der Waals surface area (Å²) < 4.78 is 1.00. The number of rotatable bonds is 4. The molecule has 0 bridgehead atoms. The van der Waals surface area contributed by atoms with E-state index in [1.807, 2.05) is 56.3 Å². The largest absolute Gasteiger partial charge is 0.385 e. The van der Waals surface area contributed by atoms with Gasteiger partial charge in [0.1, 0.15) is 0 Å². The maximum Gasteiger partial charge on any atom is 0.257 e. The van der Waals surface area contributed by atoms with E-state index >= 15 is 0 Å². The first-order chi connectivity index (χ1) is 9.61. The maximum absolute atomic E-state index is 12.4. The van der Waals surface area contributed by atoms with Crippen molar-refractivity contribution in [2.45, 2.75) is 13.8 Å². The molecule has 0 heterocycles. The summed E-state index contributed by atoms with van der Waals surface area (Å²) in [4.78, 5) is 12.4. The van der Waals surface area contributed by atoms with Gasteiger partial charge in [0.05, 0.1) is 5.56 Å². The van der Waals surface area contributed by atoms with E-state index in [1.165, 1.54) is 0 Å². The average Bonchev–Trinajstić information content (AvgIpc) is 2.43. The Morgan fingerprint density at radius 2 is 1.90 bits per heavy atom. The summed E-state index contributed by atoms with van der Waals surface area (Å²) in [5, 5.41) is 6.15. The van der Waals surface area contributed by atoms with Gasteiger partial charge < -0.3 is 10.6 Å². The van der Waals surface area contributed by atoms with Crippen LogP contribution in [0.1, 0.15) is 22.8 Å². The molecule has 104 valence electrons. The molecule has 1 amide bonds. The highest BCUT2D eigenvalue weighted by Crippen LogP contribution is 2.22. The standard InChI is InChI=1S/C16H17BrN2O/c1-3-18-15-7-5-4-6-13(15)16(20)19-14-9-8-12(17)10-11(14)2/h4-10,18H,3H2,1-2H3,(H,19,20). The highest BCUT2D eigenvalue weighted by Gasteiger charge is 2.11. The number of benzene rings is 2. The molecular formula is C16H17BrN2O. The fourth-order valence-electron chi connectivity index (χ4n) is 1.98. The third-order valence-corrected chi connectivity index (χ3v) is 3.47. The third kappa shape index (κ3) is 3.39. The SMILES string of the molecule is CCNc1ccccc1C(=O)Nc1ccc(Br)cc1C. The van der Waals surface area contributed by atoms with Gasteiger partial charge in [-0.2, -0.15) is 0 Å². The molecule has 0 aromatic heterocycles. The van der Waals surface area contributed by atoms with E-state index in [1.54, 1.807) is 0 Å². The molecule has 3 nitrogen and oxygen atoms in total. The quantitative estimate of drug-likeness (QED) is 0.868. The Labute approximate surface area is 127 Å². The van der Waals surface area contributed by atoms with Crippen LogP contribution >= 0.6 is 15.9 Å². The Morgan fingerprint density at radius 1 is 1.15 bits per heavy atom. The van der Waals surface area contributed by atoms with Gasteiger partial charge >= 0.3 is 0 Å². The third-order valence-electron chi connectivity index (χ3n) is 2.98. The Hall–Kier alpha value is -1.81. The summed E-state index contributed by atoms with van der Waals surface area (Å²) in [6.07, 6.45) is 0. The summed E-state index contributed by atoms with van der Waals surface area (Å²) in [5.41, 5.74) is 3.34. The molecule has 4 heteroatoms. The summed E-state index contributed by atoms with van der Waals surface area (Å²) in [6.45, 7) is 4.76. The van der Waals surface area contributed by atoms with Crippen LogP contribution in [-0.4, -0.2) is 12.5 Å². The van der Waals surface area contributed by atoms with E-state index in [9.17, 15) is 4.79 Å². The van der Waals surface area contributed by atoms with Crippen LogP contribution in [0.15, 0.2) is 46.9 Å². The van der Waals surface area contributed by atoms with E-state index in [0.717, 1.165) is 28.0 Å². The molecular weight excluding hydrogens is 316 g/mol. The molecule has 0 radical (unpaired) electrons. The van der Waals surface area contributed by atoms with Crippen LogP contribution < -0.4 is 10.6 Å². The lowest BCUT2D eigenvalue weighted by Gasteiger charge is -2.12. The van der Waals surface area contributed by atoms with Crippen LogP contribution in [0.4, 0.5) is 11.4 Å². The van der Waals surface area contributed by atoms with Crippen molar-refractivity contribution in [2.75, 3.05) is 17.2 Å². The lowest BCUT2D eigenvalue weighted by atomic mass is 10.1. The van der Waals surface area contributed by atoms with Crippen LogP contribution in [0.5, 0.6) is 0 Å². The lowest BCUT2D eigenvalue weighted by molar-refractivity contribution is 0.102. The molecule has 2 rings (SSSR count). The van der Waals surface area contributed by atoms with Crippen molar-refractivity contribution in [3.05, 3.63) is 58.1 Å². The molecule has 2 N–H and O–H groups in total. The molecule has 0 saturated heterocycles. The topological polar surface area (TPSA) is 41.1 Å². The van der Waals surface area contributed by atoms with E-state index < -0.39 is 0 Å². The van der Waals surface area contributed by atoms with Crippen molar-refractivity contribution in [1.29, 1.82) is 0 Å². The molecule has 0 atom stereocenters. The van der Waals surface area contributed by atoms with Crippen molar-refractivity contribution in [3.63, 3.8) is 0 Å². The average molecular weight is 333 g/mol. The second-order valence-corrected chi connectivity index (χ2v) is 5.40. The number of anilines is 2. The Balaban J connectivity index is 2.24. The molecule has 0 fully saturated rings. The molecule has 0 saturated carbocycles. The first-order valence-corrected chi connectivity index (χ1v) is 7.31. The minimum atomic E-state index is -0.105. The highest BCUT2D eigenvalue weighted by atomic mass is 79.9. The fourth-order valence-corrected chi connectivity index (χ4v) is 2.46. The van der Waals surface area contributed by atoms with Crippen LogP contribution in [0.3, 0.4) is 0 Å². The molecule has 0 unspecified atom stereocenters. The predicted octanol–water partition coefficient (Wildman–Crippen LogP) is 4.44. The first-order valence-electron chi connectivity index (χ1n) is 6.52. The Bertz CT molecular complexity index is 626. The van der Waals surface area contributed by atoms with Gasteiger partial charge in [-0.15, -0.1) is 0 Å². The minimum absolute atomic E-state index is 0.105. The van der Waals surface area contributed by atoms with Gasteiger partial charge in [0.15, 0.2) is 0 Å². The summed E-state index contributed by atoms with van der Waals surface area (Å²) in [6, 6.07) is 13.3. The van der Waals surface area contributed by atoms with Gasteiger partial charge in [-0.1, -0.05) is 28.1 Å². The number of hydrogen-bond acceptors (Lipinski definition) is 2. The van der Waals surface area contributed by atoms with Gasteiger partial charge in [-0.3, -0.25) is 4.79 Å². The van der Waals surface area contributed by atoms with Crippen LogP contribution in [0.2, 0.25) is 0 Å². The second-order valence-electron chi connectivity index (χ2n) is 4.49. The van der Waals surface area contributed by atoms with Crippen LogP contribution in [0.25, 0.3) is 0 Å². The monoisotopic (exact) mass is 332 g/mol. The number of nitrogens with one attached hydrogen (secondary N) is 2. The summed E-state index contributed by atoms with van der Waals surface area (Å²) in [7, 11) is 0. The zero-order chi connectivity index (χ0) is 14.5. The minimum Gasteiger partial charge on any atom is -0.385 e. The van der Waals surface area contributed by atoms with E-state index in [4.69, 9.17) is 0 Å². The number of halogens is 1. The number of para-hydroxylation sites is 1. The number of aryl methyl sites for hydroxylation is 1. The zero-order valence-electron chi connectivity index (χ0n) is 11.5. The zero-order valence-corrected chi connectivity index (χ0v) is 13.1. The number of carbonyl (C=O) groups excluding carboxylic acids is 1. The molecule has 2 aromatic carbocycles. The van der Waals surface area contributed by atoms with Crippen molar-refractivity contribution < 1.29 is 4.79 Å². The molecule has 0 aliphatic rings. The Morgan fingerprint density at radius 3 is 2.60 bits per heavy atom. The van der Waals surface area contributed by atoms with E-state index in [2.05, 4.69) is 26.6 Å². The van der Waals surface area contributed by atoms with Gasteiger partial charge in [-0.05, 0) is 49.7 Å². The van der Waals surface area contributed by atoms with Crippen LogP contribution in [0, 0.1) is 6.92 Å². The van der Waals surface area contributed by atoms with E-state index in [0.29, 0.717) is 5.56 Å². The first kappa shape index (κ1) is 14.6. The Kier molecular flexibility index (Phi) is 4.79. The van der Waals surface area contributed by atoms with Crippen molar-refractivity contribution in [1.82, 2.24) is 0 Å². The van der Waals surface area contributed by atoms with E-state index in [-0.39, 0.29) is 5.91 Å². The summed E-state index contributed by atoms with van der Waals surface area (Å²) >= 11 is 3.42. The molecule has 20 heavy (non-hydrogen) atoms. The van der Waals surface area contributed by atoms with Gasteiger partial charge in [0.2, 0.25) is 0 Å². The van der Waals surface area contributed by atoms with Crippen molar-refractivity contribution >= 4 is 33.2 Å². The second kappa shape index (κ2) is 6.57. The molecule has 0 aliphatic heterocycles. The van der Waals surface area contributed by atoms with Gasteiger partial charge in [-0.25, -0.2) is 0 Å². The van der Waals surface area contributed by atoms with Gasteiger partial charge in [0.25, 0.3) is 5.91 Å². The smallest absolute Gasteiger partial charge is 0.257 e. The fraction of sp³-hybridized carbons (Fsp3) is 0.188. The normalized spacial score (nSPS) is 10.2. The predicted molar refractivity (Wildman–Crippen MR) is 87.4 cm³/mol. The molecule has 2 aromatic rings. The van der Waals surface area contributed by atoms with Crippen molar-refractivity contribution in [2.24, 2.45) is 0 Å². The molecule has 0 spiro atoms. The lowest BCUT2D eigenvalue weighted by Crippen LogP contribution is -2.15. The maximum atomic E-state index is 12.4. The van der Waals surface area contributed by atoms with Gasteiger partial charge in [0, 0.05) is 22.4 Å². The number of hydrogen-bond donors (Lipinski definition) is 2. The number of amides is 1. The van der Waals surface area contributed by atoms with Crippen molar-refractivity contribution in [3.8, 4) is 0 Å². The highest BCUT2D eigenvalue weighted by molar-refractivity contribution is 9.10.